The number of esters is 2. The zero-order chi connectivity index (χ0) is 24.8. The molecule has 3 rings (SSSR count). The van der Waals surface area contributed by atoms with Crippen molar-refractivity contribution in [3.05, 3.63) is 59.7 Å². The molecule has 180 valence electrons. The molecule has 2 aromatic carbocycles. The fourth-order valence-electron chi connectivity index (χ4n) is 4.11. The molecule has 34 heavy (non-hydrogen) atoms. The Morgan fingerprint density at radius 3 is 1.97 bits per heavy atom. The molecule has 0 saturated carbocycles. The van der Waals surface area contributed by atoms with Crippen LogP contribution >= 0.6 is 0 Å². The predicted molar refractivity (Wildman–Crippen MR) is 121 cm³/mol. The smallest absolute Gasteiger partial charge is 0.407 e. The normalized spacial score (nSPS) is 14.7. The van der Waals surface area contributed by atoms with Gasteiger partial charge in [0.05, 0.1) is 0 Å². The summed E-state index contributed by atoms with van der Waals surface area (Å²) in [7, 11) is 0. The monoisotopic (exact) mass is 469 g/mol. The molecule has 0 bridgehead atoms. The van der Waals surface area contributed by atoms with Crippen LogP contribution < -0.4 is 5.32 Å². The van der Waals surface area contributed by atoms with Crippen LogP contribution in [0, 0.1) is 5.92 Å². The van der Waals surface area contributed by atoms with E-state index in [4.69, 9.17) is 14.2 Å². The SMILES string of the molecule is CC(=O)OC[C@H](OC(C)=O)[C@@H](C)[C@H](NC(=O)OCC1c2ccccc2-c2ccccc21)C(=O)O. The number of nitrogens with one attached hydrogen (secondary N) is 1. The highest BCUT2D eigenvalue weighted by Gasteiger charge is 2.36. The Bertz CT molecular complexity index is 1040. The third kappa shape index (κ3) is 5.72. The summed E-state index contributed by atoms with van der Waals surface area (Å²) < 4.78 is 15.4. The Kier molecular flexibility index (Phi) is 7.88. The summed E-state index contributed by atoms with van der Waals surface area (Å²) in [5.74, 6) is -3.73. The average molecular weight is 469 g/mol. The molecule has 1 aliphatic rings. The molecule has 1 aliphatic carbocycles. The molecule has 9 nitrogen and oxygen atoms in total. The van der Waals surface area contributed by atoms with Crippen LogP contribution in [0.2, 0.25) is 0 Å². The number of carbonyl (C=O) groups excluding carboxylic acids is 3. The van der Waals surface area contributed by atoms with E-state index < -0.39 is 42.1 Å². The van der Waals surface area contributed by atoms with Crippen molar-refractivity contribution in [3.8, 4) is 11.1 Å². The minimum Gasteiger partial charge on any atom is -0.480 e. The molecule has 0 heterocycles. The first-order valence-corrected chi connectivity index (χ1v) is 10.8. The number of hydrogen-bond donors (Lipinski definition) is 2. The van der Waals surface area contributed by atoms with Crippen molar-refractivity contribution in [1.82, 2.24) is 5.32 Å². The summed E-state index contributed by atoms with van der Waals surface area (Å²) in [5, 5.41) is 12.0. The molecule has 0 unspecified atom stereocenters. The lowest BCUT2D eigenvalue weighted by atomic mass is 9.96. The fourth-order valence-corrected chi connectivity index (χ4v) is 4.11. The number of carbonyl (C=O) groups is 4. The molecular formula is C25H27NO8. The van der Waals surface area contributed by atoms with Crippen molar-refractivity contribution in [1.29, 1.82) is 0 Å². The van der Waals surface area contributed by atoms with Crippen LogP contribution in [-0.2, 0) is 28.6 Å². The van der Waals surface area contributed by atoms with Crippen LogP contribution in [0.3, 0.4) is 0 Å². The van der Waals surface area contributed by atoms with Gasteiger partial charge >= 0.3 is 24.0 Å². The second-order valence-corrected chi connectivity index (χ2v) is 8.10. The maximum atomic E-state index is 12.6. The number of ether oxygens (including phenoxy) is 3. The highest BCUT2D eigenvalue weighted by Crippen LogP contribution is 2.44. The standard InChI is InChI=1S/C25H27NO8/c1-14(22(34-16(3)28)13-32-15(2)27)23(24(29)30)26-25(31)33-12-21-19-10-6-4-8-17(19)18-9-5-7-11-20(18)21/h4-11,14,21-23H,12-13H2,1-3H3,(H,26,31)(H,29,30)/t14-,22+,23+/m1/s1. The van der Waals surface area contributed by atoms with Gasteiger partial charge in [-0.1, -0.05) is 55.5 Å². The third-order valence-corrected chi connectivity index (χ3v) is 5.76. The Morgan fingerprint density at radius 2 is 1.47 bits per heavy atom. The van der Waals surface area contributed by atoms with Crippen LogP contribution in [-0.4, -0.2) is 54.5 Å². The van der Waals surface area contributed by atoms with Gasteiger partial charge in [0, 0.05) is 25.7 Å². The van der Waals surface area contributed by atoms with E-state index in [9.17, 15) is 24.3 Å². The molecule has 1 amide bonds. The fraction of sp³-hybridized carbons (Fsp3) is 0.360. The molecule has 3 atom stereocenters. The van der Waals surface area contributed by atoms with E-state index in [1.54, 1.807) is 0 Å². The van der Waals surface area contributed by atoms with Crippen molar-refractivity contribution in [3.63, 3.8) is 0 Å². The molecule has 0 radical (unpaired) electrons. The van der Waals surface area contributed by atoms with E-state index in [0.29, 0.717) is 0 Å². The van der Waals surface area contributed by atoms with E-state index >= 15 is 0 Å². The van der Waals surface area contributed by atoms with E-state index in [1.807, 2.05) is 48.5 Å². The van der Waals surface area contributed by atoms with Crippen LogP contribution in [0.4, 0.5) is 4.79 Å². The van der Waals surface area contributed by atoms with Crippen LogP contribution in [0.5, 0.6) is 0 Å². The summed E-state index contributed by atoms with van der Waals surface area (Å²) in [5.41, 5.74) is 4.18. The van der Waals surface area contributed by atoms with Gasteiger partial charge in [0.2, 0.25) is 0 Å². The summed E-state index contributed by atoms with van der Waals surface area (Å²) in [6, 6.07) is 14.2. The Morgan fingerprint density at radius 1 is 0.912 bits per heavy atom. The first-order valence-electron chi connectivity index (χ1n) is 10.8. The van der Waals surface area contributed by atoms with Gasteiger partial charge in [-0.05, 0) is 22.3 Å². The topological polar surface area (TPSA) is 128 Å². The van der Waals surface area contributed by atoms with Crippen molar-refractivity contribution in [2.75, 3.05) is 13.2 Å². The first kappa shape index (κ1) is 24.8. The average Bonchev–Trinajstić information content (AvgIpc) is 3.11. The van der Waals surface area contributed by atoms with Crippen LogP contribution in [0.1, 0.15) is 37.8 Å². The molecule has 0 saturated heterocycles. The number of amides is 1. The molecule has 0 aliphatic heterocycles. The highest BCUT2D eigenvalue weighted by atomic mass is 16.6. The number of carboxylic acid groups (broad SMARTS) is 1. The quantitative estimate of drug-likeness (QED) is 0.424. The van der Waals surface area contributed by atoms with E-state index in [1.165, 1.54) is 13.8 Å². The van der Waals surface area contributed by atoms with Crippen molar-refractivity contribution >= 4 is 24.0 Å². The number of aliphatic carboxylic acids is 1. The molecule has 0 aromatic heterocycles. The number of alkyl carbamates (subject to hydrolysis) is 1. The number of rotatable bonds is 9. The second kappa shape index (κ2) is 10.8. The van der Waals surface area contributed by atoms with Gasteiger partial charge in [-0.25, -0.2) is 9.59 Å². The summed E-state index contributed by atoms with van der Waals surface area (Å²) in [6.45, 7) is 3.48. The Balaban J connectivity index is 1.69. The molecule has 2 aromatic rings. The lowest BCUT2D eigenvalue weighted by Crippen LogP contribution is -2.50. The Hall–Kier alpha value is -3.88. The van der Waals surface area contributed by atoms with E-state index in [-0.39, 0.29) is 19.1 Å². The van der Waals surface area contributed by atoms with Gasteiger partial charge in [-0.15, -0.1) is 0 Å². The summed E-state index contributed by atoms with van der Waals surface area (Å²) in [6.07, 6.45) is -1.99. The Labute approximate surface area is 197 Å². The van der Waals surface area contributed by atoms with Gasteiger partial charge in [0.15, 0.2) is 0 Å². The van der Waals surface area contributed by atoms with Gasteiger partial charge in [0.1, 0.15) is 25.4 Å². The number of carboxylic acids is 1. The number of hydrogen-bond acceptors (Lipinski definition) is 7. The minimum atomic E-state index is -1.45. The summed E-state index contributed by atoms with van der Waals surface area (Å²) >= 11 is 0. The van der Waals surface area contributed by atoms with Gasteiger partial charge in [-0.2, -0.15) is 0 Å². The van der Waals surface area contributed by atoms with Crippen molar-refractivity contribution in [2.24, 2.45) is 5.92 Å². The third-order valence-electron chi connectivity index (χ3n) is 5.76. The van der Waals surface area contributed by atoms with E-state index in [2.05, 4.69) is 5.32 Å². The maximum Gasteiger partial charge on any atom is 0.407 e. The van der Waals surface area contributed by atoms with Crippen LogP contribution in [0.15, 0.2) is 48.5 Å². The molecular weight excluding hydrogens is 442 g/mol. The number of fused-ring (bicyclic) bond motifs is 3. The van der Waals surface area contributed by atoms with Crippen molar-refractivity contribution in [2.45, 2.75) is 38.8 Å². The zero-order valence-electron chi connectivity index (χ0n) is 19.1. The molecule has 9 heteroatoms. The van der Waals surface area contributed by atoms with Gasteiger partial charge < -0.3 is 24.6 Å². The van der Waals surface area contributed by atoms with Crippen molar-refractivity contribution < 1.29 is 38.5 Å². The zero-order valence-corrected chi connectivity index (χ0v) is 19.1. The van der Waals surface area contributed by atoms with E-state index in [0.717, 1.165) is 29.2 Å². The largest absolute Gasteiger partial charge is 0.480 e. The molecule has 0 fully saturated rings. The lowest BCUT2D eigenvalue weighted by Gasteiger charge is -2.28. The van der Waals surface area contributed by atoms with Gasteiger partial charge in [-0.3, -0.25) is 9.59 Å². The maximum absolute atomic E-state index is 12.6. The molecule has 2 N–H and O–H groups in total. The predicted octanol–water partition coefficient (Wildman–Crippen LogP) is 3.11. The minimum absolute atomic E-state index is 0.0153. The van der Waals surface area contributed by atoms with Crippen LogP contribution in [0.25, 0.3) is 11.1 Å². The highest BCUT2D eigenvalue weighted by molar-refractivity contribution is 5.81. The second-order valence-electron chi connectivity index (χ2n) is 8.10. The lowest BCUT2D eigenvalue weighted by molar-refractivity contribution is -0.162. The summed E-state index contributed by atoms with van der Waals surface area (Å²) in [4.78, 5) is 47.0. The first-order chi connectivity index (χ1) is 16.2. The molecule has 0 spiro atoms. The van der Waals surface area contributed by atoms with Gasteiger partial charge in [0.25, 0.3) is 0 Å². The number of benzene rings is 2.